The molecule has 4 rings (SSSR count). The summed E-state index contributed by atoms with van der Waals surface area (Å²) in [5, 5.41) is 24.1. The molecule has 34 heavy (non-hydrogen) atoms. The molecule has 0 atom stereocenters. The van der Waals surface area contributed by atoms with Crippen LogP contribution in [-0.4, -0.2) is 32.7 Å². The Labute approximate surface area is 197 Å². The van der Waals surface area contributed by atoms with Gasteiger partial charge in [0.25, 0.3) is 5.69 Å². The SMILES string of the molecule is CC(C)(C)NC(=O)OC1(c2ccc(-c3ncc([N+](=O)[O-])cc3-c3ccccc3)cc2)CC(O)C1. The van der Waals surface area contributed by atoms with E-state index in [2.05, 4.69) is 10.3 Å². The molecule has 8 nitrogen and oxygen atoms in total. The zero-order chi connectivity index (χ0) is 24.5. The van der Waals surface area contributed by atoms with Gasteiger partial charge in [-0.3, -0.25) is 10.1 Å². The second-order valence-corrected chi connectivity index (χ2v) is 9.61. The minimum atomic E-state index is -0.904. The summed E-state index contributed by atoms with van der Waals surface area (Å²) in [7, 11) is 0. The maximum Gasteiger partial charge on any atom is 0.408 e. The van der Waals surface area contributed by atoms with Gasteiger partial charge >= 0.3 is 6.09 Å². The van der Waals surface area contributed by atoms with Crippen LogP contribution in [0.3, 0.4) is 0 Å². The van der Waals surface area contributed by atoms with Crippen LogP contribution in [0.1, 0.15) is 39.2 Å². The number of hydrogen-bond donors (Lipinski definition) is 2. The molecule has 1 aliphatic carbocycles. The van der Waals surface area contributed by atoms with Crippen LogP contribution in [0, 0.1) is 10.1 Å². The predicted molar refractivity (Wildman–Crippen MR) is 128 cm³/mol. The first-order valence-electron chi connectivity index (χ1n) is 11.1. The monoisotopic (exact) mass is 461 g/mol. The summed E-state index contributed by atoms with van der Waals surface area (Å²) >= 11 is 0. The number of aliphatic hydroxyl groups is 1. The van der Waals surface area contributed by atoms with E-state index in [0.29, 0.717) is 24.1 Å². The van der Waals surface area contributed by atoms with Crippen LogP contribution >= 0.6 is 0 Å². The Bertz CT molecular complexity index is 1200. The first kappa shape index (κ1) is 23.4. The third kappa shape index (κ3) is 4.92. The molecule has 8 heteroatoms. The summed E-state index contributed by atoms with van der Waals surface area (Å²) in [5.41, 5.74) is 2.19. The molecule has 0 radical (unpaired) electrons. The second kappa shape index (κ2) is 8.87. The number of nitrogens with one attached hydrogen (secondary N) is 1. The number of pyridine rings is 1. The smallest absolute Gasteiger partial charge is 0.408 e. The topological polar surface area (TPSA) is 115 Å². The van der Waals surface area contributed by atoms with Crippen LogP contribution in [0.2, 0.25) is 0 Å². The molecule has 0 unspecified atom stereocenters. The molecular formula is C26H27N3O5. The first-order chi connectivity index (χ1) is 16.1. The number of nitro groups is 1. The number of carbonyl (C=O) groups excluding carboxylic acids is 1. The summed E-state index contributed by atoms with van der Waals surface area (Å²) in [6.07, 6.45) is 0.804. The second-order valence-electron chi connectivity index (χ2n) is 9.61. The molecule has 1 fully saturated rings. The van der Waals surface area contributed by atoms with Crippen LogP contribution in [0.4, 0.5) is 10.5 Å². The number of nitrogens with zero attached hydrogens (tertiary/aromatic N) is 2. The number of aromatic nitrogens is 1. The molecule has 0 spiro atoms. The lowest BCUT2D eigenvalue weighted by Gasteiger charge is -2.45. The average molecular weight is 462 g/mol. The van der Waals surface area contributed by atoms with Crippen LogP contribution < -0.4 is 5.32 Å². The van der Waals surface area contributed by atoms with E-state index in [1.807, 2.05) is 75.4 Å². The minimum Gasteiger partial charge on any atom is -0.438 e. The molecule has 0 bridgehead atoms. The van der Waals surface area contributed by atoms with Crippen molar-refractivity contribution in [1.29, 1.82) is 0 Å². The highest BCUT2D eigenvalue weighted by molar-refractivity contribution is 5.82. The fourth-order valence-electron chi connectivity index (χ4n) is 4.14. The molecule has 2 aromatic carbocycles. The van der Waals surface area contributed by atoms with E-state index in [1.54, 1.807) is 0 Å². The predicted octanol–water partition coefficient (Wildman–Crippen LogP) is 5.20. The van der Waals surface area contributed by atoms with Crippen LogP contribution in [0.5, 0.6) is 0 Å². The highest BCUT2D eigenvalue weighted by Gasteiger charge is 2.49. The van der Waals surface area contributed by atoms with Crippen molar-refractivity contribution in [2.75, 3.05) is 0 Å². The van der Waals surface area contributed by atoms with E-state index < -0.39 is 28.3 Å². The number of rotatable bonds is 5. The van der Waals surface area contributed by atoms with Gasteiger partial charge in [0.05, 0.1) is 16.7 Å². The molecule has 2 N–H and O–H groups in total. The van der Waals surface area contributed by atoms with Crippen molar-refractivity contribution in [3.63, 3.8) is 0 Å². The Morgan fingerprint density at radius 1 is 1.12 bits per heavy atom. The summed E-state index contributed by atoms with van der Waals surface area (Å²) in [6.45, 7) is 5.60. The lowest BCUT2D eigenvalue weighted by Crippen LogP contribution is -2.51. The van der Waals surface area contributed by atoms with Gasteiger partial charge in [0.2, 0.25) is 0 Å². The van der Waals surface area contributed by atoms with Crippen LogP contribution in [-0.2, 0) is 10.3 Å². The van der Waals surface area contributed by atoms with Crippen molar-refractivity contribution in [3.05, 3.63) is 82.5 Å². The number of aliphatic hydroxyl groups excluding tert-OH is 1. The van der Waals surface area contributed by atoms with E-state index in [1.165, 1.54) is 12.3 Å². The Hall–Kier alpha value is -3.78. The Morgan fingerprint density at radius 3 is 2.32 bits per heavy atom. The highest BCUT2D eigenvalue weighted by Crippen LogP contribution is 2.46. The quantitative estimate of drug-likeness (QED) is 0.399. The zero-order valence-electron chi connectivity index (χ0n) is 19.3. The molecule has 1 aliphatic rings. The molecule has 1 amide bonds. The molecule has 1 saturated carbocycles. The molecule has 176 valence electrons. The summed E-state index contributed by atoms with van der Waals surface area (Å²) in [5.74, 6) is 0. The molecular weight excluding hydrogens is 434 g/mol. The van der Waals surface area contributed by atoms with Crippen molar-refractivity contribution >= 4 is 11.8 Å². The van der Waals surface area contributed by atoms with Crippen molar-refractivity contribution in [2.24, 2.45) is 0 Å². The Morgan fingerprint density at radius 2 is 1.76 bits per heavy atom. The van der Waals surface area contributed by atoms with Gasteiger partial charge in [0.15, 0.2) is 0 Å². The third-order valence-electron chi connectivity index (χ3n) is 5.75. The number of hydrogen-bond acceptors (Lipinski definition) is 6. The van der Waals surface area contributed by atoms with Gasteiger partial charge in [0.1, 0.15) is 11.8 Å². The number of amides is 1. The lowest BCUT2D eigenvalue weighted by atomic mass is 9.72. The normalized spacial score (nSPS) is 19.7. The lowest BCUT2D eigenvalue weighted by molar-refractivity contribution is -0.385. The maximum atomic E-state index is 12.4. The van der Waals surface area contributed by atoms with Gasteiger partial charge in [-0.05, 0) is 31.9 Å². The standard InChI is InChI=1S/C26H27N3O5/c1-25(2,3)28-24(31)34-26(14-21(30)15-26)19-11-9-18(10-12-19)23-22(17-7-5-4-6-8-17)13-20(16-27-23)29(32)33/h4-13,16,21,30H,14-15H2,1-3H3,(H,28,31). The van der Waals surface area contributed by atoms with E-state index in [4.69, 9.17) is 4.74 Å². The summed E-state index contributed by atoms with van der Waals surface area (Å²) in [6, 6.07) is 18.3. The molecule has 0 aliphatic heterocycles. The van der Waals surface area contributed by atoms with Gasteiger partial charge in [-0.15, -0.1) is 0 Å². The minimum absolute atomic E-state index is 0.0834. The fourth-order valence-corrected chi connectivity index (χ4v) is 4.14. The van der Waals surface area contributed by atoms with Crippen LogP contribution in [0.25, 0.3) is 22.4 Å². The van der Waals surface area contributed by atoms with Crippen LogP contribution in [0.15, 0.2) is 66.9 Å². The van der Waals surface area contributed by atoms with Gasteiger partial charge < -0.3 is 15.2 Å². The fraction of sp³-hybridized carbons (Fsp3) is 0.308. The number of ether oxygens (including phenoxy) is 1. The van der Waals surface area contributed by atoms with Crippen molar-refractivity contribution in [2.45, 2.75) is 50.9 Å². The molecule has 1 aromatic heterocycles. The summed E-state index contributed by atoms with van der Waals surface area (Å²) < 4.78 is 5.79. The maximum absolute atomic E-state index is 12.4. The van der Waals surface area contributed by atoms with Crippen molar-refractivity contribution in [3.8, 4) is 22.4 Å². The number of alkyl carbamates (subject to hydrolysis) is 1. The van der Waals surface area contributed by atoms with E-state index in [9.17, 15) is 20.0 Å². The first-order valence-corrected chi connectivity index (χ1v) is 11.1. The van der Waals surface area contributed by atoms with E-state index in [0.717, 1.165) is 16.7 Å². The number of benzene rings is 2. The van der Waals surface area contributed by atoms with Gasteiger partial charge in [-0.25, -0.2) is 9.78 Å². The number of carbonyl (C=O) groups is 1. The largest absolute Gasteiger partial charge is 0.438 e. The zero-order valence-corrected chi connectivity index (χ0v) is 19.3. The summed E-state index contributed by atoms with van der Waals surface area (Å²) in [4.78, 5) is 27.7. The van der Waals surface area contributed by atoms with Crippen molar-refractivity contribution < 1.29 is 19.6 Å². The van der Waals surface area contributed by atoms with Crippen molar-refractivity contribution in [1.82, 2.24) is 10.3 Å². The molecule has 1 heterocycles. The Balaban J connectivity index is 1.67. The van der Waals surface area contributed by atoms with E-state index >= 15 is 0 Å². The Kier molecular flexibility index (Phi) is 6.10. The third-order valence-corrected chi connectivity index (χ3v) is 5.75. The van der Waals surface area contributed by atoms with Gasteiger partial charge in [-0.1, -0.05) is 54.6 Å². The molecule has 0 saturated heterocycles. The van der Waals surface area contributed by atoms with Gasteiger partial charge in [-0.2, -0.15) is 0 Å². The van der Waals surface area contributed by atoms with E-state index in [-0.39, 0.29) is 5.69 Å². The average Bonchev–Trinajstić information content (AvgIpc) is 2.77. The highest BCUT2D eigenvalue weighted by atomic mass is 16.6. The molecule has 3 aromatic rings. The van der Waals surface area contributed by atoms with Gasteiger partial charge in [0, 0.05) is 35.6 Å².